The fourth-order valence-corrected chi connectivity index (χ4v) is 3.63. The molecule has 0 radical (unpaired) electrons. The first-order valence-electron chi connectivity index (χ1n) is 12.4. The van der Waals surface area contributed by atoms with Gasteiger partial charge in [0.2, 0.25) is 0 Å². The molecular formula is C24H52NaO4P. The van der Waals surface area contributed by atoms with E-state index >= 15 is 0 Å². The zero-order valence-corrected chi connectivity index (χ0v) is 23.5. The van der Waals surface area contributed by atoms with Crippen LogP contribution in [0, 0.1) is 12.8 Å². The minimum absolute atomic E-state index is 0. The molecule has 0 fully saturated rings. The molecule has 0 aliphatic carbocycles. The van der Waals surface area contributed by atoms with Gasteiger partial charge in [0.05, 0.1) is 0 Å². The van der Waals surface area contributed by atoms with E-state index in [0.717, 1.165) is 5.92 Å². The van der Waals surface area contributed by atoms with Gasteiger partial charge in [0.25, 0.3) is 0 Å². The Kier molecular flexibility index (Phi) is 33.5. The van der Waals surface area contributed by atoms with E-state index in [4.69, 9.17) is 19.2 Å². The molecule has 30 heavy (non-hydrogen) atoms. The van der Waals surface area contributed by atoms with E-state index in [1.807, 2.05) is 0 Å². The number of hydrogen-bond acceptors (Lipinski definition) is 1. The molecule has 0 aliphatic heterocycles. The summed E-state index contributed by atoms with van der Waals surface area (Å²) in [6.07, 6.45) is 28.6. The number of unbranched alkanes of at least 4 members (excludes halogenated alkanes) is 16. The second-order valence-corrected chi connectivity index (χ2v) is 9.64. The van der Waals surface area contributed by atoms with E-state index in [9.17, 15) is 0 Å². The van der Waals surface area contributed by atoms with E-state index < -0.39 is 7.82 Å². The quantitative estimate of drug-likeness (QED) is 0.0994. The zero-order chi connectivity index (χ0) is 22.2. The molecule has 0 aliphatic rings. The maximum absolute atomic E-state index is 8.88. The van der Waals surface area contributed by atoms with Gasteiger partial charge in [-0.05, 0) is 0 Å². The molecule has 0 saturated heterocycles. The minimum atomic E-state index is -4.64. The van der Waals surface area contributed by atoms with Crippen molar-refractivity contribution in [3.05, 3.63) is 6.92 Å². The van der Waals surface area contributed by atoms with Gasteiger partial charge < -0.3 is 21.6 Å². The standard InChI is InChI=1S/C24H49.Na.H3O4P/c1-4-6-8-10-12-14-15-17-19-21-23-24(3)22-20-18-16-13-11-9-7-5-2;;1-5(2,3)4/h24H,3-23H2,1-2H3;;(H3,1,2,3,4)/q-1;+1;. The SMILES string of the molecule is O=P(O)(O)O.[CH2-]C(CCCCCCCCCC)CCCCCCCCCCCC.[Na+]. The third-order valence-electron chi connectivity index (χ3n) is 5.43. The van der Waals surface area contributed by atoms with Gasteiger partial charge in [0.1, 0.15) is 0 Å². The minimum Gasteiger partial charge on any atom is -0.340 e. The predicted octanol–water partition coefficient (Wildman–Crippen LogP) is 5.35. The molecule has 0 aromatic heterocycles. The third kappa shape index (κ3) is 43.1. The summed E-state index contributed by atoms with van der Waals surface area (Å²) in [7, 11) is -4.64. The summed E-state index contributed by atoms with van der Waals surface area (Å²) >= 11 is 0. The fourth-order valence-electron chi connectivity index (χ4n) is 3.63. The van der Waals surface area contributed by atoms with Crippen molar-refractivity contribution in [2.24, 2.45) is 5.92 Å². The number of hydrogen-bond donors (Lipinski definition) is 3. The summed E-state index contributed by atoms with van der Waals surface area (Å²) in [6.45, 7) is 8.96. The van der Waals surface area contributed by atoms with Crippen LogP contribution in [0.4, 0.5) is 0 Å². The average molecular weight is 459 g/mol. The molecule has 1 unspecified atom stereocenters. The van der Waals surface area contributed by atoms with E-state index in [2.05, 4.69) is 20.8 Å². The monoisotopic (exact) mass is 458 g/mol. The zero-order valence-electron chi connectivity index (χ0n) is 20.6. The average Bonchev–Trinajstić information content (AvgIpc) is 2.64. The van der Waals surface area contributed by atoms with E-state index in [1.165, 1.54) is 128 Å². The van der Waals surface area contributed by atoms with Crippen LogP contribution < -0.4 is 29.6 Å². The maximum atomic E-state index is 8.88. The van der Waals surface area contributed by atoms with Crippen LogP contribution in [0.1, 0.15) is 142 Å². The largest absolute Gasteiger partial charge is 1.00 e. The van der Waals surface area contributed by atoms with Crippen LogP contribution >= 0.6 is 7.82 Å². The van der Waals surface area contributed by atoms with Crippen molar-refractivity contribution in [3.8, 4) is 0 Å². The van der Waals surface area contributed by atoms with Gasteiger partial charge in [-0.15, -0.1) is 0 Å². The molecule has 0 bridgehead atoms. The molecule has 0 rings (SSSR count). The van der Waals surface area contributed by atoms with Crippen LogP contribution in [0.3, 0.4) is 0 Å². The van der Waals surface area contributed by atoms with Crippen LogP contribution in [-0.2, 0) is 4.57 Å². The van der Waals surface area contributed by atoms with Gasteiger partial charge in [0.15, 0.2) is 0 Å². The third-order valence-corrected chi connectivity index (χ3v) is 5.43. The van der Waals surface area contributed by atoms with Crippen LogP contribution in [-0.4, -0.2) is 14.7 Å². The predicted molar refractivity (Wildman–Crippen MR) is 127 cm³/mol. The molecular weight excluding hydrogens is 406 g/mol. The van der Waals surface area contributed by atoms with Crippen molar-refractivity contribution >= 4 is 7.82 Å². The van der Waals surface area contributed by atoms with Gasteiger partial charge in [-0.25, -0.2) is 4.57 Å². The van der Waals surface area contributed by atoms with E-state index in [1.54, 1.807) is 0 Å². The van der Waals surface area contributed by atoms with Crippen molar-refractivity contribution in [2.75, 3.05) is 0 Å². The Morgan fingerprint density at radius 1 is 0.567 bits per heavy atom. The number of rotatable bonds is 20. The number of phosphoric acid groups is 1. The first kappa shape index (κ1) is 35.7. The van der Waals surface area contributed by atoms with Crippen molar-refractivity contribution in [1.29, 1.82) is 0 Å². The Bertz CT molecular complexity index is 342. The van der Waals surface area contributed by atoms with Gasteiger partial charge in [0, 0.05) is 0 Å². The summed E-state index contributed by atoms with van der Waals surface area (Å²) in [5.41, 5.74) is 0. The van der Waals surface area contributed by atoms with E-state index in [-0.39, 0.29) is 29.6 Å². The Labute approximate surface area is 210 Å². The summed E-state index contributed by atoms with van der Waals surface area (Å²) < 4.78 is 8.88. The summed E-state index contributed by atoms with van der Waals surface area (Å²) in [6, 6.07) is 0. The summed E-state index contributed by atoms with van der Waals surface area (Å²) in [4.78, 5) is 21.6. The second kappa shape index (κ2) is 28.1. The maximum Gasteiger partial charge on any atom is 1.00 e. The molecule has 6 heteroatoms. The topological polar surface area (TPSA) is 77.8 Å². The molecule has 0 aromatic carbocycles. The molecule has 0 spiro atoms. The molecule has 0 saturated carbocycles. The fraction of sp³-hybridized carbons (Fsp3) is 0.958. The first-order valence-corrected chi connectivity index (χ1v) is 14.0. The molecule has 4 nitrogen and oxygen atoms in total. The summed E-state index contributed by atoms with van der Waals surface area (Å²) in [5, 5.41) is 0. The van der Waals surface area contributed by atoms with Gasteiger partial charge in [-0.1, -0.05) is 142 Å². The van der Waals surface area contributed by atoms with Gasteiger partial charge >= 0.3 is 37.4 Å². The summed E-state index contributed by atoms with van der Waals surface area (Å²) in [5.74, 6) is 0.721. The van der Waals surface area contributed by atoms with Crippen molar-refractivity contribution < 1.29 is 48.8 Å². The molecule has 0 heterocycles. The first-order chi connectivity index (χ1) is 13.8. The van der Waals surface area contributed by atoms with Gasteiger partial charge in [-0.3, -0.25) is 0 Å². The molecule has 3 N–H and O–H groups in total. The normalized spacial score (nSPS) is 12.1. The Morgan fingerprint density at radius 2 is 0.767 bits per heavy atom. The van der Waals surface area contributed by atoms with Gasteiger partial charge in [-0.2, -0.15) is 5.92 Å². The molecule has 1 atom stereocenters. The van der Waals surface area contributed by atoms with Crippen LogP contribution in [0.25, 0.3) is 0 Å². The molecule has 0 aromatic rings. The molecule has 178 valence electrons. The second-order valence-electron chi connectivity index (χ2n) is 8.61. The van der Waals surface area contributed by atoms with Crippen LogP contribution in [0.2, 0.25) is 0 Å². The van der Waals surface area contributed by atoms with Crippen molar-refractivity contribution in [3.63, 3.8) is 0 Å². The Balaban J connectivity index is -0.00000108. The Morgan fingerprint density at radius 3 is 1.00 bits per heavy atom. The van der Waals surface area contributed by atoms with Crippen LogP contribution in [0.5, 0.6) is 0 Å². The van der Waals surface area contributed by atoms with Crippen LogP contribution in [0.15, 0.2) is 0 Å². The van der Waals surface area contributed by atoms with E-state index in [0.29, 0.717) is 0 Å². The van der Waals surface area contributed by atoms with Crippen molar-refractivity contribution in [2.45, 2.75) is 142 Å². The Hall–Kier alpha value is 1.11. The smallest absolute Gasteiger partial charge is 0.340 e. The molecule has 0 amide bonds. The van der Waals surface area contributed by atoms with Crippen molar-refractivity contribution in [1.82, 2.24) is 0 Å².